The summed E-state index contributed by atoms with van der Waals surface area (Å²) in [6, 6.07) is 8.46. The van der Waals surface area contributed by atoms with Crippen molar-refractivity contribution < 1.29 is 5.11 Å². The van der Waals surface area contributed by atoms with Crippen molar-refractivity contribution in [3.05, 3.63) is 29.8 Å². The van der Waals surface area contributed by atoms with Gasteiger partial charge in [-0.15, -0.1) is 11.8 Å². The molecule has 0 radical (unpaired) electrons. The van der Waals surface area contributed by atoms with Crippen molar-refractivity contribution in [3.63, 3.8) is 0 Å². The predicted octanol–water partition coefficient (Wildman–Crippen LogP) is 4.55. The summed E-state index contributed by atoms with van der Waals surface area (Å²) in [4.78, 5) is 1.35. The SMILES string of the molecule is CC[C@H](O)c1ccc(SC2CCCCC2)cc1. The van der Waals surface area contributed by atoms with Gasteiger partial charge in [0.15, 0.2) is 0 Å². The molecule has 0 bridgehead atoms. The van der Waals surface area contributed by atoms with Crippen molar-refractivity contribution in [2.45, 2.75) is 61.7 Å². The molecule has 0 heterocycles. The summed E-state index contributed by atoms with van der Waals surface area (Å²) in [5.74, 6) is 0. The van der Waals surface area contributed by atoms with Crippen molar-refractivity contribution in [2.24, 2.45) is 0 Å². The van der Waals surface area contributed by atoms with Crippen LogP contribution in [0, 0.1) is 0 Å². The largest absolute Gasteiger partial charge is 0.388 e. The minimum absolute atomic E-state index is 0.302. The van der Waals surface area contributed by atoms with Crippen LogP contribution in [-0.4, -0.2) is 10.4 Å². The van der Waals surface area contributed by atoms with Crippen LogP contribution in [0.5, 0.6) is 0 Å². The van der Waals surface area contributed by atoms with Crippen LogP contribution in [-0.2, 0) is 0 Å². The lowest BCUT2D eigenvalue weighted by atomic mass is 10.0. The van der Waals surface area contributed by atoms with Crippen LogP contribution in [0.4, 0.5) is 0 Å². The average Bonchev–Trinajstić information content (AvgIpc) is 2.40. The highest BCUT2D eigenvalue weighted by molar-refractivity contribution is 8.00. The molecule has 2 rings (SSSR count). The van der Waals surface area contributed by atoms with Gasteiger partial charge >= 0.3 is 0 Å². The normalized spacial score (nSPS) is 19.2. The van der Waals surface area contributed by atoms with Crippen LogP contribution >= 0.6 is 11.8 Å². The fourth-order valence-electron chi connectivity index (χ4n) is 2.38. The van der Waals surface area contributed by atoms with Gasteiger partial charge in [0.1, 0.15) is 0 Å². The van der Waals surface area contributed by atoms with E-state index in [0.717, 1.165) is 17.2 Å². The molecule has 1 nitrogen and oxygen atoms in total. The molecule has 1 atom stereocenters. The second-order valence-corrected chi connectivity index (χ2v) is 6.24. The summed E-state index contributed by atoms with van der Waals surface area (Å²) in [5, 5.41) is 10.5. The van der Waals surface area contributed by atoms with E-state index in [-0.39, 0.29) is 6.10 Å². The van der Waals surface area contributed by atoms with Crippen LogP contribution in [0.2, 0.25) is 0 Å². The quantitative estimate of drug-likeness (QED) is 0.845. The summed E-state index contributed by atoms with van der Waals surface area (Å²) < 4.78 is 0. The molecule has 94 valence electrons. The van der Waals surface area contributed by atoms with E-state index in [1.165, 1.54) is 37.0 Å². The summed E-state index contributed by atoms with van der Waals surface area (Å²) >= 11 is 2.01. The van der Waals surface area contributed by atoms with Crippen LogP contribution < -0.4 is 0 Å². The molecule has 1 saturated carbocycles. The van der Waals surface area contributed by atoms with E-state index < -0.39 is 0 Å². The zero-order valence-electron chi connectivity index (χ0n) is 10.6. The summed E-state index contributed by atoms with van der Waals surface area (Å²) in [6.07, 6.45) is 7.42. The van der Waals surface area contributed by atoms with Gasteiger partial charge in [-0.2, -0.15) is 0 Å². The van der Waals surface area contributed by atoms with Crippen LogP contribution in [0.1, 0.15) is 57.1 Å². The molecule has 0 saturated heterocycles. The lowest BCUT2D eigenvalue weighted by Crippen LogP contribution is -2.07. The fraction of sp³-hybridized carbons (Fsp3) is 0.600. The van der Waals surface area contributed by atoms with Gasteiger partial charge in [0.2, 0.25) is 0 Å². The van der Waals surface area contributed by atoms with Gasteiger partial charge in [0.25, 0.3) is 0 Å². The minimum atomic E-state index is -0.302. The molecule has 1 aliphatic carbocycles. The maximum atomic E-state index is 9.73. The summed E-state index contributed by atoms with van der Waals surface area (Å²) in [5.41, 5.74) is 1.04. The number of rotatable bonds is 4. The molecule has 0 aromatic heterocycles. The van der Waals surface area contributed by atoms with Gasteiger partial charge in [0, 0.05) is 10.1 Å². The first-order valence-corrected chi connectivity index (χ1v) is 7.62. The molecule has 1 aromatic carbocycles. The molecule has 0 amide bonds. The Bertz CT molecular complexity index is 327. The van der Waals surface area contributed by atoms with Gasteiger partial charge in [-0.25, -0.2) is 0 Å². The molecule has 1 N–H and O–H groups in total. The topological polar surface area (TPSA) is 20.2 Å². The number of benzene rings is 1. The number of hydrogen-bond donors (Lipinski definition) is 1. The van der Waals surface area contributed by atoms with Gasteiger partial charge in [-0.1, -0.05) is 38.3 Å². The Morgan fingerprint density at radius 2 is 1.82 bits per heavy atom. The van der Waals surface area contributed by atoms with Gasteiger partial charge < -0.3 is 5.11 Å². The molecule has 0 spiro atoms. The van der Waals surface area contributed by atoms with Crippen molar-refractivity contribution in [3.8, 4) is 0 Å². The summed E-state index contributed by atoms with van der Waals surface area (Å²) in [6.45, 7) is 2.01. The lowest BCUT2D eigenvalue weighted by Gasteiger charge is -2.21. The number of aliphatic hydroxyl groups is 1. The predicted molar refractivity (Wildman–Crippen MR) is 74.4 cm³/mol. The van der Waals surface area contributed by atoms with Crippen molar-refractivity contribution in [2.75, 3.05) is 0 Å². The zero-order chi connectivity index (χ0) is 12.1. The number of aliphatic hydroxyl groups excluding tert-OH is 1. The van der Waals surface area contributed by atoms with E-state index >= 15 is 0 Å². The average molecular weight is 250 g/mol. The van der Waals surface area contributed by atoms with Gasteiger partial charge in [-0.3, -0.25) is 0 Å². The Morgan fingerprint density at radius 3 is 2.41 bits per heavy atom. The Balaban J connectivity index is 1.93. The molecule has 1 aliphatic rings. The molecular weight excluding hydrogens is 228 g/mol. The summed E-state index contributed by atoms with van der Waals surface area (Å²) in [7, 11) is 0. The Kier molecular flexibility index (Phi) is 4.93. The Labute approximate surface area is 109 Å². The maximum Gasteiger partial charge on any atom is 0.0787 e. The monoisotopic (exact) mass is 250 g/mol. The molecule has 2 heteroatoms. The lowest BCUT2D eigenvalue weighted by molar-refractivity contribution is 0.173. The first-order chi connectivity index (χ1) is 8.29. The number of thioether (sulfide) groups is 1. The maximum absolute atomic E-state index is 9.73. The smallest absolute Gasteiger partial charge is 0.0787 e. The third-order valence-electron chi connectivity index (χ3n) is 3.51. The molecule has 0 unspecified atom stereocenters. The Morgan fingerprint density at radius 1 is 1.18 bits per heavy atom. The highest BCUT2D eigenvalue weighted by Gasteiger charge is 2.14. The molecule has 1 aromatic rings. The van der Waals surface area contributed by atoms with Crippen LogP contribution in [0.25, 0.3) is 0 Å². The van der Waals surface area contributed by atoms with E-state index in [0.29, 0.717) is 0 Å². The first-order valence-electron chi connectivity index (χ1n) is 6.74. The van der Waals surface area contributed by atoms with Crippen molar-refractivity contribution >= 4 is 11.8 Å². The second-order valence-electron chi connectivity index (χ2n) is 4.87. The third kappa shape index (κ3) is 3.75. The molecular formula is C15H22OS. The van der Waals surface area contributed by atoms with Gasteiger partial charge in [-0.05, 0) is 37.0 Å². The fourth-order valence-corrected chi connectivity index (χ4v) is 3.63. The van der Waals surface area contributed by atoms with Gasteiger partial charge in [0.05, 0.1) is 6.10 Å². The second kappa shape index (κ2) is 6.46. The zero-order valence-corrected chi connectivity index (χ0v) is 11.4. The molecule has 1 fully saturated rings. The number of hydrogen-bond acceptors (Lipinski definition) is 2. The van der Waals surface area contributed by atoms with E-state index in [9.17, 15) is 5.11 Å². The first kappa shape index (κ1) is 13.0. The minimum Gasteiger partial charge on any atom is -0.388 e. The highest BCUT2D eigenvalue weighted by atomic mass is 32.2. The highest BCUT2D eigenvalue weighted by Crippen LogP contribution is 2.34. The van der Waals surface area contributed by atoms with E-state index in [4.69, 9.17) is 0 Å². The van der Waals surface area contributed by atoms with Crippen molar-refractivity contribution in [1.82, 2.24) is 0 Å². The van der Waals surface area contributed by atoms with Crippen molar-refractivity contribution in [1.29, 1.82) is 0 Å². The van der Waals surface area contributed by atoms with E-state index in [2.05, 4.69) is 24.3 Å². The standard InChI is InChI=1S/C15H22OS/c1-2-15(16)12-8-10-14(11-9-12)17-13-6-4-3-5-7-13/h8-11,13,15-16H,2-7H2,1H3/t15-/m0/s1. The van der Waals surface area contributed by atoms with Crippen LogP contribution in [0.15, 0.2) is 29.2 Å². The van der Waals surface area contributed by atoms with Crippen LogP contribution in [0.3, 0.4) is 0 Å². The van der Waals surface area contributed by atoms with E-state index in [1.54, 1.807) is 0 Å². The van der Waals surface area contributed by atoms with E-state index in [1.807, 2.05) is 18.7 Å². The molecule has 0 aliphatic heterocycles. The molecule has 17 heavy (non-hydrogen) atoms. The third-order valence-corrected chi connectivity index (χ3v) is 4.86. The Hall–Kier alpha value is -0.470.